The average molecular weight is 268 g/mol. The van der Waals surface area contributed by atoms with E-state index in [0.717, 1.165) is 0 Å². The number of aromatic nitrogens is 1. The van der Waals surface area contributed by atoms with E-state index >= 15 is 0 Å². The van der Waals surface area contributed by atoms with E-state index in [9.17, 15) is 9.18 Å². The molecule has 0 bridgehead atoms. The molecular weight excluding hydrogens is 251 g/mol. The summed E-state index contributed by atoms with van der Waals surface area (Å²) >= 11 is 0. The monoisotopic (exact) mass is 268 g/mol. The second-order valence-electron chi connectivity index (χ2n) is 4.99. The number of nitrogens with one attached hydrogen (secondary N) is 1. The van der Waals surface area contributed by atoms with Gasteiger partial charge in [-0.05, 0) is 19.9 Å². The van der Waals surface area contributed by atoms with Gasteiger partial charge in [0.1, 0.15) is 0 Å². The van der Waals surface area contributed by atoms with Crippen LogP contribution in [0.2, 0.25) is 0 Å². The van der Waals surface area contributed by atoms with Crippen molar-refractivity contribution in [2.75, 3.05) is 25.2 Å². The number of carbonyl (C=O) groups excluding carboxylic acids is 1. The molecule has 0 unspecified atom stereocenters. The first-order chi connectivity index (χ1) is 8.97. The summed E-state index contributed by atoms with van der Waals surface area (Å²) in [5, 5.41) is 0. The van der Waals surface area contributed by atoms with Crippen molar-refractivity contribution in [1.29, 1.82) is 0 Å². The fraction of sp³-hybridized carbons (Fsp3) is 0.500. The molecule has 2 heterocycles. The lowest BCUT2D eigenvalue weighted by atomic mass is 10.0. The van der Waals surface area contributed by atoms with Gasteiger partial charge in [0, 0.05) is 12.7 Å². The number of nitrogens with two attached hydrogens (primary N) is 1. The van der Waals surface area contributed by atoms with Crippen molar-refractivity contribution < 1.29 is 13.9 Å². The zero-order chi connectivity index (χ0) is 14.0. The Morgan fingerprint density at radius 3 is 3.00 bits per heavy atom. The minimum absolute atomic E-state index is 0.0436. The van der Waals surface area contributed by atoms with Gasteiger partial charge in [0.15, 0.2) is 11.6 Å². The van der Waals surface area contributed by atoms with Crippen molar-refractivity contribution >= 4 is 11.7 Å². The molecule has 0 aliphatic carbocycles. The Kier molecular flexibility index (Phi) is 3.68. The maximum atomic E-state index is 14.0. The first-order valence-corrected chi connectivity index (χ1v) is 5.98. The van der Waals surface area contributed by atoms with Gasteiger partial charge in [-0.15, -0.1) is 0 Å². The molecule has 3 N–H and O–H groups in total. The summed E-state index contributed by atoms with van der Waals surface area (Å²) in [6.07, 6.45) is 1.35. The summed E-state index contributed by atoms with van der Waals surface area (Å²) in [5.41, 5.74) is 1.62. The van der Waals surface area contributed by atoms with Crippen LogP contribution in [0.25, 0.3) is 0 Å². The zero-order valence-corrected chi connectivity index (χ0v) is 10.9. The van der Waals surface area contributed by atoms with E-state index in [0.29, 0.717) is 19.8 Å². The zero-order valence-electron chi connectivity index (χ0n) is 10.9. The van der Waals surface area contributed by atoms with Crippen LogP contribution in [-0.2, 0) is 4.74 Å². The number of rotatable bonds is 2. The van der Waals surface area contributed by atoms with Crippen LogP contribution < -0.4 is 11.3 Å². The van der Waals surface area contributed by atoms with Crippen LogP contribution in [-0.4, -0.2) is 41.1 Å². The first-order valence-electron chi connectivity index (χ1n) is 5.98. The second-order valence-corrected chi connectivity index (χ2v) is 4.99. The van der Waals surface area contributed by atoms with E-state index in [4.69, 9.17) is 10.6 Å². The van der Waals surface area contributed by atoms with Gasteiger partial charge in [-0.2, -0.15) is 0 Å². The van der Waals surface area contributed by atoms with Crippen LogP contribution in [0.15, 0.2) is 12.3 Å². The van der Waals surface area contributed by atoms with Crippen LogP contribution in [0.3, 0.4) is 0 Å². The predicted octanol–water partition coefficient (Wildman–Crippen LogP) is 0.757. The highest BCUT2D eigenvalue weighted by atomic mass is 19.1. The minimum atomic E-state index is -0.739. The average Bonchev–Trinajstić information content (AvgIpc) is 2.38. The van der Waals surface area contributed by atoms with E-state index in [-0.39, 0.29) is 17.3 Å². The smallest absolute Gasteiger partial charge is 0.257 e. The molecule has 0 atom stereocenters. The van der Waals surface area contributed by atoms with Crippen molar-refractivity contribution in [3.8, 4) is 0 Å². The van der Waals surface area contributed by atoms with Gasteiger partial charge in [0.2, 0.25) is 0 Å². The lowest BCUT2D eigenvalue weighted by Gasteiger charge is -2.42. The van der Waals surface area contributed by atoms with Gasteiger partial charge in [0.05, 0.1) is 24.3 Å². The quantitative estimate of drug-likeness (QED) is 0.611. The van der Waals surface area contributed by atoms with Gasteiger partial charge in [-0.1, -0.05) is 0 Å². The molecule has 1 aromatic heterocycles. The molecule has 0 radical (unpaired) electrons. The molecule has 0 saturated carbocycles. The van der Waals surface area contributed by atoms with Crippen LogP contribution in [0.4, 0.5) is 10.2 Å². The number of nitrogens with zero attached hydrogens (tertiary/aromatic N) is 2. The highest BCUT2D eigenvalue weighted by Crippen LogP contribution is 2.24. The second kappa shape index (κ2) is 5.10. The lowest BCUT2D eigenvalue weighted by Crippen LogP contribution is -2.55. The van der Waals surface area contributed by atoms with Gasteiger partial charge < -0.3 is 15.1 Å². The summed E-state index contributed by atoms with van der Waals surface area (Å²) in [6.45, 7) is 5.06. The van der Waals surface area contributed by atoms with E-state index in [2.05, 4.69) is 10.4 Å². The Bertz CT molecular complexity index is 493. The SMILES string of the molecule is CC1(C)COCCN1C(=O)c1ccnc(NN)c1F. The highest BCUT2D eigenvalue weighted by molar-refractivity contribution is 5.95. The van der Waals surface area contributed by atoms with Crippen molar-refractivity contribution in [2.24, 2.45) is 5.84 Å². The van der Waals surface area contributed by atoms with E-state index in [1.165, 1.54) is 12.3 Å². The van der Waals surface area contributed by atoms with Crippen molar-refractivity contribution in [3.63, 3.8) is 0 Å². The summed E-state index contributed by atoms with van der Waals surface area (Å²) < 4.78 is 19.4. The van der Waals surface area contributed by atoms with E-state index in [1.807, 2.05) is 13.8 Å². The number of amides is 1. The molecule has 0 spiro atoms. The van der Waals surface area contributed by atoms with E-state index in [1.54, 1.807) is 4.90 Å². The summed E-state index contributed by atoms with van der Waals surface area (Å²) in [4.78, 5) is 17.8. The van der Waals surface area contributed by atoms with Gasteiger partial charge >= 0.3 is 0 Å². The normalized spacial score (nSPS) is 18.2. The maximum absolute atomic E-state index is 14.0. The summed E-state index contributed by atoms with van der Waals surface area (Å²) in [5.74, 6) is 3.89. The molecule has 6 nitrogen and oxygen atoms in total. The fourth-order valence-electron chi connectivity index (χ4n) is 2.09. The lowest BCUT2D eigenvalue weighted by molar-refractivity contribution is -0.0372. The van der Waals surface area contributed by atoms with Crippen LogP contribution >= 0.6 is 0 Å². The molecule has 2 rings (SSSR count). The largest absolute Gasteiger partial charge is 0.377 e. The van der Waals surface area contributed by atoms with E-state index < -0.39 is 11.4 Å². The van der Waals surface area contributed by atoms with Crippen LogP contribution in [0, 0.1) is 5.82 Å². The summed E-state index contributed by atoms with van der Waals surface area (Å²) in [7, 11) is 0. The summed E-state index contributed by atoms with van der Waals surface area (Å²) in [6, 6.07) is 1.35. The van der Waals surface area contributed by atoms with Crippen molar-refractivity contribution in [2.45, 2.75) is 19.4 Å². The Labute approximate surface area is 110 Å². The molecule has 19 heavy (non-hydrogen) atoms. The number of morpholine rings is 1. The molecule has 1 aromatic rings. The van der Waals surface area contributed by atoms with Gasteiger partial charge in [-0.3, -0.25) is 4.79 Å². The number of hydrazine groups is 1. The number of hydrogen-bond acceptors (Lipinski definition) is 5. The topological polar surface area (TPSA) is 80.5 Å². The van der Waals surface area contributed by atoms with Crippen LogP contribution in [0.5, 0.6) is 0 Å². The van der Waals surface area contributed by atoms with Crippen LogP contribution in [0.1, 0.15) is 24.2 Å². The molecule has 1 aliphatic rings. The number of anilines is 1. The third-order valence-electron chi connectivity index (χ3n) is 3.15. The molecule has 1 saturated heterocycles. The molecule has 0 aromatic carbocycles. The first kappa shape index (κ1) is 13.7. The minimum Gasteiger partial charge on any atom is -0.377 e. The maximum Gasteiger partial charge on any atom is 0.257 e. The number of nitrogen functional groups attached to an aromatic ring is 1. The molecule has 104 valence electrons. The third-order valence-corrected chi connectivity index (χ3v) is 3.15. The Morgan fingerprint density at radius 2 is 2.37 bits per heavy atom. The molecular formula is C12H17FN4O2. The standard InChI is InChI=1S/C12H17FN4O2/c1-12(2)7-19-6-5-17(12)11(18)8-3-4-15-10(16-14)9(8)13/h3-4H,5-7,14H2,1-2H3,(H,15,16). The predicted molar refractivity (Wildman–Crippen MR) is 67.9 cm³/mol. The van der Waals surface area contributed by atoms with Crippen molar-refractivity contribution in [1.82, 2.24) is 9.88 Å². The molecule has 1 fully saturated rings. The number of ether oxygens (including phenoxy) is 1. The van der Waals surface area contributed by atoms with Gasteiger partial charge in [0.25, 0.3) is 5.91 Å². The number of carbonyl (C=O) groups is 1. The number of halogens is 1. The number of pyridine rings is 1. The Balaban J connectivity index is 2.34. The van der Waals surface area contributed by atoms with Gasteiger partial charge in [-0.25, -0.2) is 15.2 Å². The fourth-order valence-corrected chi connectivity index (χ4v) is 2.09. The molecule has 1 amide bonds. The Morgan fingerprint density at radius 1 is 1.63 bits per heavy atom. The molecule has 1 aliphatic heterocycles. The Hall–Kier alpha value is -1.73. The van der Waals surface area contributed by atoms with Crippen molar-refractivity contribution in [3.05, 3.63) is 23.6 Å². The third kappa shape index (κ3) is 2.52. The molecule has 7 heteroatoms. The number of hydrogen-bond donors (Lipinski definition) is 2. The highest BCUT2D eigenvalue weighted by Gasteiger charge is 2.35.